The van der Waals surface area contributed by atoms with Crippen molar-refractivity contribution in [3.63, 3.8) is 0 Å². The van der Waals surface area contributed by atoms with E-state index in [2.05, 4.69) is 17.6 Å². The number of carbonyl (C=O) groups excluding carboxylic acids is 1. The molecule has 4 N–H and O–H groups in total. The van der Waals surface area contributed by atoms with E-state index in [0.717, 1.165) is 11.5 Å². The van der Waals surface area contributed by atoms with Crippen molar-refractivity contribution >= 4 is 27.9 Å². The number of hydrogen-bond donors (Lipinski definition) is 3. The van der Waals surface area contributed by atoms with Crippen LogP contribution in [0.2, 0.25) is 0 Å². The number of nitrogen functional groups attached to an aromatic ring is 1. The van der Waals surface area contributed by atoms with Gasteiger partial charge in [-0.2, -0.15) is 0 Å². The molecule has 0 bridgehead atoms. The van der Waals surface area contributed by atoms with Gasteiger partial charge in [-0.25, -0.2) is 0 Å². The van der Waals surface area contributed by atoms with Crippen molar-refractivity contribution in [2.45, 2.75) is 26.2 Å². The first-order valence-electron chi connectivity index (χ1n) is 6.43. The third kappa shape index (κ3) is 2.63. The molecule has 0 aromatic carbocycles. The Kier molecular flexibility index (Phi) is 3.89. The molecule has 1 aromatic heterocycles. The molecule has 0 spiro atoms. The van der Waals surface area contributed by atoms with Gasteiger partial charge in [0.1, 0.15) is 15.6 Å². The molecule has 1 amide bonds. The Labute approximate surface area is 117 Å². The smallest absolute Gasteiger partial charge is 0.263 e. The van der Waals surface area contributed by atoms with Gasteiger partial charge in [-0.05, 0) is 18.3 Å². The number of carbonyl (C=O) groups is 1. The third-order valence-electron chi connectivity index (χ3n) is 3.77. The van der Waals surface area contributed by atoms with Crippen LogP contribution in [0.5, 0.6) is 5.75 Å². The summed E-state index contributed by atoms with van der Waals surface area (Å²) in [6, 6.07) is 0. The zero-order valence-electron chi connectivity index (χ0n) is 11.6. The highest BCUT2D eigenvalue weighted by Crippen LogP contribution is 2.45. The van der Waals surface area contributed by atoms with E-state index in [1.807, 2.05) is 0 Å². The maximum absolute atomic E-state index is 11.7. The minimum absolute atomic E-state index is 0.177. The molecular weight excluding hydrogens is 262 g/mol. The molecule has 106 valence electrons. The molecule has 19 heavy (non-hydrogen) atoms. The van der Waals surface area contributed by atoms with Crippen LogP contribution in [0, 0.1) is 5.41 Å². The van der Waals surface area contributed by atoms with Gasteiger partial charge >= 0.3 is 0 Å². The zero-order chi connectivity index (χ0) is 14.0. The number of methoxy groups -OCH3 is 1. The van der Waals surface area contributed by atoms with E-state index in [4.69, 9.17) is 10.5 Å². The van der Waals surface area contributed by atoms with E-state index < -0.39 is 0 Å². The minimum atomic E-state index is -0.177. The molecule has 0 radical (unpaired) electrons. The lowest BCUT2D eigenvalue weighted by Crippen LogP contribution is -2.33. The minimum Gasteiger partial charge on any atom is -0.492 e. The fourth-order valence-electron chi connectivity index (χ4n) is 2.28. The Morgan fingerprint density at radius 2 is 2.21 bits per heavy atom. The van der Waals surface area contributed by atoms with E-state index in [9.17, 15) is 4.79 Å². The Hall–Kier alpha value is -1.43. The highest BCUT2D eigenvalue weighted by molar-refractivity contribution is 7.19. The molecule has 0 atom stereocenters. The molecule has 1 fully saturated rings. The van der Waals surface area contributed by atoms with Crippen molar-refractivity contribution in [3.05, 3.63) is 4.88 Å². The van der Waals surface area contributed by atoms with Crippen LogP contribution in [0.4, 0.5) is 10.7 Å². The lowest BCUT2D eigenvalue weighted by Gasteiger charge is -2.38. The predicted octanol–water partition coefficient (Wildman–Crippen LogP) is 2.30. The van der Waals surface area contributed by atoms with Crippen LogP contribution in [-0.2, 0) is 0 Å². The van der Waals surface area contributed by atoms with Crippen LogP contribution < -0.4 is 21.1 Å². The molecule has 6 heteroatoms. The third-order valence-corrected chi connectivity index (χ3v) is 4.92. The van der Waals surface area contributed by atoms with Gasteiger partial charge in [0.25, 0.3) is 5.91 Å². The van der Waals surface area contributed by atoms with Gasteiger partial charge in [-0.15, -0.1) is 11.3 Å². The summed E-state index contributed by atoms with van der Waals surface area (Å²) >= 11 is 1.35. The second-order valence-corrected chi connectivity index (χ2v) is 6.32. The van der Waals surface area contributed by atoms with Crippen molar-refractivity contribution in [2.75, 3.05) is 31.8 Å². The molecule has 0 unspecified atom stereocenters. The SMILES string of the molecule is CNC(=O)c1sc(NCC2(C)CCC2)c(OC)c1N. The molecule has 0 aliphatic heterocycles. The van der Waals surface area contributed by atoms with Gasteiger partial charge in [0.2, 0.25) is 0 Å². The van der Waals surface area contributed by atoms with Crippen molar-refractivity contribution in [1.82, 2.24) is 5.32 Å². The van der Waals surface area contributed by atoms with E-state index in [1.165, 1.54) is 30.6 Å². The summed E-state index contributed by atoms with van der Waals surface area (Å²) in [4.78, 5) is 12.2. The van der Waals surface area contributed by atoms with Gasteiger partial charge in [0.15, 0.2) is 5.75 Å². The molecule has 1 aliphatic carbocycles. The van der Waals surface area contributed by atoms with Crippen LogP contribution in [0.15, 0.2) is 0 Å². The summed E-state index contributed by atoms with van der Waals surface area (Å²) < 4.78 is 5.31. The molecule has 0 saturated heterocycles. The van der Waals surface area contributed by atoms with E-state index in [-0.39, 0.29) is 5.91 Å². The van der Waals surface area contributed by atoms with Gasteiger partial charge in [0, 0.05) is 13.6 Å². The van der Waals surface area contributed by atoms with Crippen LogP contribution in [0.25, 0.3) is 0 Å². The molecule has 1 heterocycles. The average Bonchev–Trinajstić information content (AvgIpc) is 2.69. The first kappa shape index (κ1) is 14.0. The van der Waals surface area contributed by atoms with Crippen LogP contribution >= 0.6 is 11.3 Å². The fourth-order valence-corrected chi connectivity index (χ4v) is 3.31. The normalized spacial score (nSPS) is 16.6. The Balaban J connectivity index is 2.17. The number of thiophene rings is 1. The molecule has 5 nitrogen and oxygen atoms in total. The van der Waals surface area contributed by atoms with Crippen LogP contribution in [0.1, 0.15) is 35.9 Å². The largest absolute Gasteiger partial charge is 0.492 e. The molecular formula is C13H21N3O2S. The maximum Gasteiger partial charge on any atom is 0.263 e. The Morgan fingerprint density at radius 3 is 2.68 bits per heavy atom. The summed E-state index contributed by atoms with van der Waals surface area (Å²) in [7, 11) is 3.17. The summed E-state index contributed by atoms with van der Waals surface area (Å²) in [6.45, 7) is 3.16. The van der Waals surface area contributed by atoms with Crippen LogP contribution in [-0.4, -0.2) is 26.6 Å². The number of anilines is 2. The predicted molar refractivity (Wildman–Crippen MR) is 79.1 cm³/mol. The van der Waals surface area contributed by atoms with Crippen molar-refractivity contribution in [1.29, 1.82) is 0 Å². The molecule has 1 aromatic rings. The summed E-state index contributed by atoms with van der Waals surface area (Å²) in [5.74, 6) is 0.398. The highest BCUT2D eigenvalue weighted by atomic mass is 32.1. The van der Waals surface area contributed by atoms with Crippen molar-refractivity contribution in [2.24, 2.45) is 5.41 Å². The second kappa shape index (κ2) is 5.28. The number of nitrogens with one attached hydrogen (secondary N) is 2. The first-order chi connectivity index (χ1) is 9.00. The summed E-state index contributed by atoms with van der Waals surface area (Å²) in [5.41, 5.74) is 6.73. The topological polar surface area (TPSA) is 76.4 Å². The zero-order valence-corrected chi connectivity index (χ0v) is 12.4. The van der Waals surface area contributed by atoms with E-state index >= 15 is 0 Å². The standard InChI is InChI=1S/C13H21N3O2S/c1-13(5-4-6-13)7-16-12-9(18-3)8(14)10(19-12)11(17)15-2/h16H,4-7,14H2,1-3H3,(H,15,17). The fraction of sp³-hybridized carbons (Fsp3) is 0.615. The number of amides is 1. The number of rotatable bonds is 5. The molecule has 1 aliphatic rings. The molecule has 1 saturated carbocycles. The highest BCUT2D eigenvalue weighted by Gasteiger charge is 2.32. The first-order valence-corrected chi connectivity index (χ1v) is 7.24. The van der Waals surface area contributed by atoms with Gasteiger partial charge in [-0.1, -0.05) is 13.3 Å². The lowest BCUT2D eigenvalue weighted by atomic mass is 9.70. The number of ether oxygens (including phenoxy) is 1. The Morgan fingerprint density at radius 1 is 1.53 bits per heavy atom. The Bertz CT molecular complexity index is 480. The lowest BCUT2D eigenvalue weighted by molar-refractivity contribution is 0.0967. The number of hydrogen-bond acceptors (Lipinski definition) is 5. The van der Waals surface area contributed by atoms with Crippen LogP contribution in [0.3, 0.4) is 0 Å². The van der Waals surface area contributed by atoms with E-state index in [1.54, 1.807) is 14.2 Å². The van der Waals surface area contributed by atoms with Gasteiger partial charge in [0.05, 0.1) is 7.11 Å². The summed E-state index contributed by atoms with van der Waals surface area (Å²) in [5, 5.41) is 6.81. The van der Waals surface area contributed by atoms with Gasteiger partial charge < -0.3 is 21.1 Å². The van der Waals surface area contributed by atoms with Gasteiger partial charge in [-0.3, -0.25) is 4.79 Å². The molecule has 2 rings (SSSR count). The maximum atomic E-state index is 11.7. The second-order valence-electron chi connectivity index (χ2n) is 5.30. The average molecular weight is 283 g/mol. The van der Waals surface area contributed by atoms with Crippen molar-refractivity contribution < 1.29 is 9.53 Å². The monoisotopic (exact) mass is 283 g/mol. The number of nitrogens with two attached hydrogens (primary N) is 1. The van der Waals surface area contributed by atoms with E-state index in [0.29, 0.717) is 21.7 Å². The van der Waals surface area contributed by atoms with Crippen molar-refractivity contribution in [3.8, 4) is 5.75 Å². The quantitative estimate of drug-likeness (QED) is 0.775. The summed E-state index contributed by atoms with van der Waals surface area (Å²) in [6.07, 6.45) is 3.78.